The zero-order chi connectivity index (χ0) is 8.43. The van der Waals surface area contributed by atoms with Crippen molar-refractivity contribution in [3.8, 4) is 0 Å². The quantitative estimate of drug-likeness (QED) is 0.697. The van der Waals surface area contributed by atoms with Crippen molar-refractivity contribution in [2.24, 2.45) is 0 Å². The Kier molecular flexibility index (Phi) is 2.65. The monoisotopic (exact) mass is 195 g/mol. The Hall–Kier alpha value is -0.380. The van der Waals surface area contributed by atoms with Crippen molar-refractivity contribution in [2.75, 3.05) is 0 Å². The molecule has 0 spiro atoms. The lowest BCUT2D eigenvalue weighted by atomic mass is 10.3. The van der Waals surface area contributed by atoms with Crippen LogP contribution in [0.1, 0.15) is 5.56 Å². The minimum absolute atomic E-state index is 0.00267. The third kappa shape index (κ3) is 1.61. The Morgan fingerprint density at radius 1 is 1.55 bits per heavy atom. The van der Waals surface area contributed by atoms with Gasteiger partial charge in [-0.3, -0.25) is 0 Å². The van der Waals surface area contributed by atoms with Gasteiger partial charge in [0.05, 0.1) is 17.8 Å². The zero-order valence-electron chi connectivity index (χ0n) is 5.31. The first-order valence-corrected chi connectivity index (χ1v) is 3.51. The molecule has 5 heteroatoms. The number of aliphatic hydroxyl groups excluding tert-OH is 1. The van der Waals surface area contributed by atoms with Gasteiger partial charge in [0, 0.05) is 5.56 Å². The van der Waals surface area contributed by atoms with Crippen LogP contribution in [0.2, 0.25) is 10.2 Å². The number of rotatable bonds is 1. The highest BCUT2D eigenvalue weighted by Crippen LogP contribution is 2.25. The van der Waals surface area contributed by atoms with Crippen LogP contribution in [0.15, 0.2) is 6.20 Å². The fraction of sp³-hybridized carbons (Fsp3) is 0.167. The van der Waals surface area contributed by atoms with Crippen molar-refractivity contribution in [3.05, 3.63) is 27.8 Å². The molecule has 0 amide bonds. The number of halogens is 3. The summed E-state index contributed by atoms with van der Waals surface area (Å²) in [5.41, 5.74) is -0.0216. The summed E-state index contributed by atoms with van der Waals surface area (Å²) in [6, 6.07) is 0. The molecule has 1 aromatic rings. The number of hydrogen-bond acceptors (Lipinski definition) is 2. The Morgan fingerprint density at radius 2 is 2.18 bits per heavy atom. The first kappa shape index (κ1) is 8.71. The Bertz CT molecular complexity index is 280. The van der Waals surface area contributed by atoms with E-state index in [0.717, 1.165) is 6.20 Å². The van der Waals surface area contributed by atoms with E-state index in [-0.39, 0.29) is 15.7 Å². The summed E-state index contributed by atoms with van der Waals surface area (Å²) in [4.78, 5) is 3.43. The summed E-state index contributed by atoms with van der Waals surface area (Å²) in [6.45, 7) is -0.479. The standard InChI is InChI=1S/C6H4Cl2FNO/c7-5-3(2-11)4(9)1-10-6(5)8/h1,11H,2H2. The van der Waals surface area contributed by atoms with E-state index in [2.05, 4.69) is 4.98 Å². The van der Waals surface area contributed by atoms with Gasteiger partial charge in [0.1, 0.15) is 11.0 Å². The number of aliphatic hydroxyl groups is 1. The molecule has 0 unspecified atom stereocenters. The predicted octanol–water partition coefficient (Wildman–Crippen LogP) is 2.02. The summed E-state index contributed by atoms with van der Waals surface area (Å²) >= 11 is 10.9. The van der Waals surface area contributed by atoms with Gasteiger partial charge in [-0.15, -0.1) is 0 Å². The minimum atomic E-state index is -0.651. The molecular formula is C6H4Cl2FNO. The van der Waals surface area contributed by atoms with E-state index in [1.165, 1.54) is 0 Å². The highest BCUT2D eigenvalue weighted by Gasteiger charge is 2.09. The van der Waals surface area contributed by atoms with Crippen LogP contribution in [0.3, 0.4) is 0 Å². The van der Waals surface area contributed by atoms with Gasteiger partial charge >= 0.3 is 0 Å². The van der Waals surface area contributed by atoms with Gasteiger partial charge in [0.25, 0.3) is 0 Å². The molecule has 60 valence electrons. The van der Waals surface area contributed by atoms with Crippen LogP contribution in [-0.4, -0.2) is 10.1 Å². The predicted molar refractivity (Wildman–Crippen MR) is 40.1 cm³/mol. The maximum absolute atomic E-state index is 12.7. The first-order valence-electron chi connectivity index (χ1n) is 2.76. The molecule has 0 atom stereocenters. The summed E-state index contributed by atoms with van der Waals surface area (Å²) in [5, 5.41) is 8.58. The maximum atomic E-state index is 12.7. The van der Waals surface area contributed by atoms with Crippen LogP contribution in [0, 0.1) is 5.82 Å². The number of aromatic nitrogens is 1. The molecule has 0 saturated heterocycles. The molecule has 1 aromatic heterocycles. The SMILES string of the molecule is OCc1c(F)cnc(Cl)c1Cl. The molecule has 0 bridgehead atoms. The van der Waals surface area contributed by atoms with E-state index < -0.39 is 12.4 Å². The number of nitrogens with zero attached hydrogens (tertiary/aromatic N) is 1. The van der Waals surface area contributed by atoms with Gasteiger partial charge in [-0.25, -0.2) is 9.37 Å². The summed E-state index contributed by atoms with van der Waals surface area (Å²) < 4.78 is 12.7. The van der Waals surface area contributed by atoms with Crippen molar-refractivity contribution in [1.82, 2.24) is 4.98 Å². The number of hydrogen-bond donors (Lipinski definition) is 1. The van der Waals surface area contributed by atoms with Gasteiger partial charge in [0.2, 0.25) is 0 Å². The Morgan fingerprint density at radius 3 is 2.64 bits per heavy atom. The second-order valence-corrected chi connectivity index (χ2v) is 2.58. The van der Waals surface area contributed by atoms with Crippen LogP contribution in [-0.2, 0) is 6.61 Å². The molecule has 0 aromatic carbocycles. The average molecular weight is 196 g/mol. The first-order chi connectivity index (χ1) is 5.16. The molecule has 1 rings (SSSR count). The van der Waals surface area contributed by atoms with Gasteiger partial charge in [-0.2, -0.15) is 0 Å². The molecule has 1 N–H and O–H groups in total. The average Bonchev–Trinajstić information content (AvgIpc) is 1.99. The summed E-state index contributed by atoms with van der Waals surface area (Å²) in [7, 11) is 0. The van der Waals surface area contributed by atoms with Crippen molar-refractivity contribution >= 4 is 23.2 Å². The summed E-state index contributed by atoms with van der Waals surface area (Å²) in [5.74, 6) is -0.651. The van der Waals surface area contributed by atoms with Crippen molar-refractivity contribution in [2.45, 2.75) is 6.61 Å². The van der Waals surface area contributed by atoms with Gasteiger partial charge < -0.3 is 5.11 Å². The van der Waals surface area contributed by atoms with Gasteiger partial charge in [-0.05, 0) is 0 Å². The molecule has 0 radical (unpaired) electrons. The van der Waals surface area contributed by atoms with E-state index in [4.69, 9.17) is 28.3 Å². The fourth-order valence-corrected chi connectivity index (χ4v) is 0.984. The van der Waals surface area contributed by atoms with Crippen LogP contribution >= 0.6 is 23.2 Å². The second-order valence-electron chi connectivity index (χ2n) is 1.85. The lowest BCUT2D eigenvalue weighted by Gasteiger charge is -2.01. The van der Waals surface area contributed by atoms with Gasteiger partial charge in [-0.1, -0.05) is 23.2 Å². The second kappa shape index (κ2) is 3.34. The van der Waals surface area contributed by atoms with E-state index in [0.29, 0.717) is 0 Å². The molecule has 2 nitrogen and oxygen atoms in total. The Labute approximate surface area is 72.6 Å². The molecule has 0 aliphatic heterocycles. The van der Waals surface area contributed by atoms with Crippen molar-refractivity contribution in [1.29, 1.82) is 0 Å². The lowest BCUT2D eigenvalue weighted by Crippen LogP contribution is -1.93. The third-order valence-electron chi connectivity index (χ3n) is 1.18. The minimum Gasteiger partial charge on any atom is -0.392 e. The normalized spacial score (nSPS) is 10.2. The molecular weight excluding hydrogens is 192 g/mol. The third-order valence-corrected chi connectivity index (χ3v) is 1.97. The van der Waals surface area contributed by atoms with E-state index in [9.17, 15) is 4.39 Å². The molecule has 0 saturated carbocycles. The van der Waals surface area contributed by atoms with Crippen LogP contribution in [0.4, 0.5) is 4.39 Å². The van der Waals surface area contributed by atoms with Crippen molar-refractivity contribution < 1.29 is 9.50 Å². The fourth-order valence-electron chi connectivity index (χ4n) is 0.622. The maximum Gasteiger partial charge on any atom is 0.148 e. The zero-order valence-corrected chi connectivity index (χ0v) is 6.82. The largest absolute Gasteiger partial charge is 0.392 e. The van der Waals surface area contributed by atoms with E-state index in [1.807, 2.05) is 0 Å². The van der Waals surface area contributed by atoms with Crippen LogP contribution in [0.25, 0.3) is 0 Å². The highest BCUT2D eigenvalue weighted by molar-refractivity contribution is 6.41. The van der Waals surface area contributed by atoms with E-state index >= 15 is 0 Å². The van der Waals surface area contributed by atoms with Crippen molar-refractivity contribution in [3.63, 3.8) is 0 Å². The Balaban J connectivity index is 3.29. The molecule has 0 fully saturated rings. The molecule has 11 heavy (non-hydrogen) atoms. The molecule has 0 aliphatic carbocycles. The van der Waals surface area contributed by atoms with Gasteiger partial charge in [0.15, 0.2) is 0 Å². The van der Waals surface area contributed by atoms with E-state index in [1.54, 1.807) is 0 Å². The lowest BCUT2D eigenvalue weighted by molar-refractivity contribution is 0.275. The van der Waals surface area contributed by atoms with Crippen LogP contribution < -0.4 is 0 Å². The van der Waals surface area contributed by atoms with Crippen LogP contribution in [0.5, 0.6) is 0 Å². The number of pyridine rings is 1. The summed E-state index contributed by atoms with van der Waals surface area (Å²) in [6.07, 6.45) is 0.916. The highest BCUT2D eigenvalue weighted by atomic mass is 35.5. The topological polar surface area (TPSA) is 33.1 Å². The molecule has 0 aliphatic rings. The smallest absolute Gasteiger partial charge is 0.148 e. The molecule has 1 heterocycles.